The lowest BCUT2D eigenvalue weighted by molar-refractivity contribution is -0.130. The molecular formula is C23H40NO4P. The van der Waals surface area contributed by atoms with Crippen LogP contribution in [0.2, 0.25) is 0 Å². The van der Waals surface area contributed by atoms with Crippen molar-refractivity contribution >= 4 is 13.3 Å². The molecule has 0 radical (unpaired) electrons. The number of amides is 1. The highest BCUT2D eigenvalue weighted by Crippen LogP contribution is 2.33. The first-order chi connectivity index (χ1) is 13.5. The van der Waals surface area contributed by atoms with Gasteiger partial charge in [0.25, 0.3) is 5.91 Å². The number of nitrogens with one attached hydrogen (secondary N) is 1. The van der Waals surface area contributed by atoms with E-state index in [1.807, 2.05) is 13.0 Å². The molecule has 166 valence electrons. The van der Waals surface area contributed by atoms with Crippen molar-refractivity contribution < 1.29 is 19.1 Å². The van der Waals surface area contributed by atoms with Crippen LogP contribution in [0.25, 0.3) is 0 Å². The number of allylic oxidation sites excluding steroid dienone is 7. The second-order valence-corrected chi connectivity index (χ2v) is 10.5. The smallest absolute Gasteiger partial charge is 0.253 e. The van der Waals surface area contributed by atoms with Crippen molar-refractivity contribution in [2.24, 2.45) is 0 Å². The summed E-state index contributed by atoms with van der Waals surface area (Å²) in [4.78, 5) is 25.5. The summed E-state index contributed by atoms with van der Waals surface area (Å²) in [6.07, 6.45) is 14.8. The van der Waals surface area contributed by atoms with Crippen molar-refractivity contribution in [2.75, 3.05) is 19.4 Å². The zero-order valence-corrected chi connectivity index (χ0v) is 20.0. The quantitative estimate of drug-likeness (QED) is 0.153. The average molecular weight is 426 g/mol. The molecule has 6 heteroatoms. The van der Waals surface area contributed by atoms with E-state index in [1.54, 1.807) is 0 Å². The Kier molecular flexibility index (Phi) is 14.7. The van der Waals surface area contributed by atoms with Gasteiger partial charge >= 0.3 is 0 Å². The van der Waals surface area contributed by atoms with Gasteiger partial charge in [-0.2, -0.15) is 0 Å². The summed E-state index contributed by atoms with van der Waals surface area (Å²) in [5, 5.41) is 0. The molecule has 5 nitrogen and oxygen atoms in total. The fourth-order valence-electron chi connectivity index (χ4n) is 2.59. The van der Waals surface area contributed by atoms with Crippen molar-refractivity contribution in [2.45, 2.75) is 73.1 Å². The van der Waals surface area contributed by atoms with E-state index in [0.717, 1.165) is 45.2 Å². The maximum absolute atomic E-state index is 11.4. The molecule has 0 fully saturated rings. The van der Waals surface area contributed by atoms with Gasteiger partial charge in [0.1, 0.15) is 6.16 Å². The van der Waals surface area contributed by atoms with E-state index in [2.05, 4.69) is 51.4 Å². The number of hydroxylamine groups is 1. The summed E-state index contributed by atoms with van der Waals surface area (Å²) in [5.74, 6) is -0.579. The number of hydrogen-bond donors (Lipinski definition) is 2. The molecule has 0 aliphatic rings. The van der Waals surface area contributed by atoms with E-state index >= 15 is 0 Å². The molecule has 0 aromatic heterocycles. The van der Waals surface area contributed by atoms with Crippen LogP contribution in [0.5, 0.6) is 0 Å². The van der Waals surface area contributed by atoms with Crippen LogP contribution in [0.1, 0.15) is 73.1 Å². The van der Waals surface area contributed by atoms with Crippen molar-refractivity contribution in [3.05, 3.63) is 46.6 Å². The summed E-state index contributed by atoms with van der Waals surface area (Å²) in [7, 11) is -3.36. The molecule has 0 rings (SSSR count). The van der Waals surface area contributed by atoms with Gasteiger partial charge in [-0.3, -0.25) is 14.2 Å². The lowest BCUT2D eigenvalue weighted by atomic mass is 10.0. The maximum atomic E-state index is 11.4. The Hall–Kier alpha value is -1.42. The number of carbonyl (C=O) groups excluding carboxylic acids is 1. The van der Waals surface area contributed by atoms with Crippen LogP contribution in [0.3, 0.4) is 0 Å². The minimum Gasteiger partial charge on any atom is -0.344 e. The molecule has 0 aliphatic carbocycles. The van der Waals surface area contributed by atoms with Gasteiger partial charge in [-0.15, -0.1) is 0 Å². The van der Waals surface area contributed by atoms with Gasteiger partial charge in [-0.25, -0.2) is 5.48 Å². The third-order valence-electron chi connectivity index (χ3n) is 4.29. The largest absolute Gasteiger partial charge is 0.344 e. The fraction of sp³-hybridized carbons (Fsp3) is 0.609. The fourth-order valence-corrected chi connectivity index (χ4v) is 3.19. The lowest BCUT2D eigenvalue weighted by Gasteiger charge is -2.06. The van der Waals surface area contributed by atoms with E-state index in [9.17, 15) is 9.36 Å². The van der Waals surface area contributed by atoms with Crippen molar-refractivity contribution in [1.29, 1.82) is 0 Å². The summed E-state index contributed by atoms with van der Waals surface area (Å²) < 4.78 is 11.1. The lowest BCUT2D eigenvalue weighted by Crippen LogP contribution is -2.26. The molecule has 0 aromatic rings. The van der Waals surface area contributed by atoms with Crippen LogP contribution >= 0.6 is 7.37 Å². The van der Waals surface area contributed by atoms with Crippen molar-refractivity contribution in [1.82, 2.24) is 5.48 Å². The highest BCUT2D eigenvalue weighted by Gasteiger charge is 2.15. The highest BCUT2D eigenvalue weighted by atomic mass is 31.2. The minimum atomic E-state index is -3.36. The SMILES string of the molecule is CC(C)=CCC/C(C)=C/CC/C(C)=C/CC/C(C)=C/CONC(=O)CP(C)(=O)O. The summed E-state index contributed by atoms with van der Waals surface area (Å²) >= 11 is 0. The standard InChI is InChI=1S/C23H40NO4P/c1-19(2)10-7-11-20(3)12-8-13-21(4)14-9-15-22(5)16-17-28-24-23(25)18-29(6,26)27/h10,12,14,16H,7-9,11,13,15,17-18H2,1-6H3,(H,24,25)(H,26,27)/b20-12+,21-14+,22-16+. The van der Waals surface area contributed by atoms with E-state index in [-0.39, 0.29) is 6.61 Å². The molecule has 2 N–H and O–H groups in total. The Morgan fingerprint density at radius 2 is 1.31 bits per heavy atom. The summed E-state index contributed by atoms with van der Waals surface area (Å²) in [5.41, 5.74) is 7.61. The van der Waals surface area contributed by atoms with Gasteiger partial charge in [0, 0.05) is 6.66 Å². The molecule has 0 saturated carbocycles. The van der Waals surface area contributed by atoms with E-state index in [4.69, 9.17) is 9.73 Å². The third-order valence-corrected chi connectivity index (χ3v) is 5.17. The Morgan fingerprint density at radius 3 is 1.76 bits per heavy atom. The predicted molar refractivity (Wildman–Crippen MR) is 123 cm³/mol. The van der Waals surface area contributed by atoms with E-state index in [1.165, 1.54) is 22.3 Å². The number of carbonyl (C=O) groups is 1. The van der Waals surface area contributed by atoms with E-state index in [0.29, 0.717) is 0 Å². The summed E-state index contributed by atoms with van der Waals surface area (Å²) in [6, 6.07) is 0. The molecule has 0 heterocycles. The predicted octanol–water partition coefficient (Wildman–Crippen LogP) is 6.08. The van der Waals surface area contributed by atoms with Crippen LogP contribution < -0.4 is 5.48 Å². The van der Waals surface area contributed by atoms with Gasteiger partial charge in [0.15, 0.2) is 0 Å². The van der Waals surface area contributed by atoms with Crippen LogP contribution in [-0.2, 0) is 14.2 Å². The molecule has 1 amide bonds. The first-order valence-electron chi connectivity index (χ1n) is 10.3. The Bertz CT molecular complexity index is 664. The number of hydrogen-bond acceptors (Lipinski definition) is 3. The summed E-state index contributed by atoms with van der Waals surface area (Å²) in [6.45, 7) is 12.1. The van der Waals surface area contributed by atoms with Crippen molar-refractivity contribution in [3.63, 3.8) is 0 Å². The van der Waals surface area contributed by atoms with Gasteiger partial charge in [-0.1, -0.05) is 46.6 Å². The Morgan fingerprint density at radius 1 is 0.862 bits per heavy atom. The molecule has 1 unspecified atom stereocenters. The molecule has 0 bridgehead atoms. The maximum Gasteiger partial charge on any atom is 0.253 e. The Balaban J connectivity index is 4.02. The first kappa shape index (κ1) is 27.6. The zero-order chi connectivity index (χ0) is 22.3. The van der Waals surface area contributed by atoms with Gasteiger partial charge < -0.3 is 4.89 Å². The number of rotatable bonds is 14. The van der Waals surface area contributed by atoms with Crippen LogP contribution in [-0.4, -0.2) is 30.2 Å². The average Bonchev–Trinajstić information content (AvgIpc) is 2.57. The molecule has 0 aliphatic heterocycles. The van der Waals surface area contributed by atoms with Crippen molar-refractivity contribution in [3.8, 4) is 0 Å². The van der Waals surface area contributed by atoms with Crippen LogP contribution in [0, 0.1) is 0 Å². The second-order valence-electron chi connectivity index (χ2n) is 8.09. The second kappa shape index (κ2) is 15.4. The zero-order valence-electron chi connectivity index (χ0n) is 19.1. The highest BCUT2D eigenvalue weighted by molar-refractivity contribution is 7.58. The van der Waals surface area contributed by atoms with E-state index < -0.39 is 19.4 Å². The molecule has 29 heavy (non-hydrogen) atoms. The minimum absolute atomic E-state index is 0.247. The normalized spacial score (nSPS) is 15.1. The molecule has 1 atom stereocenters. The monoisotopic (exact) mass is 425 g/mol. The van der Waals surface area contributed by atoms with Crippen LogP contribution in [0.15, 0.2) is 46.6 Å². The molecule has 0 spiro atoms. The van der Waals surface area contributed by atoms with Gasteiger partial charge in [0.05, 0.1) is 6.61 Å². The first-order valence-corrected chi connectivity index (χ1v) is 12.6. The molecular weight excluding hydrogens is 385 g/mol. The van der Waals surface area contributed by atoms with Gasteiger partial charge in [-0.05, 0) is 73.1 Å². The molecule has 0 aromatic carbocycles. The Labute approximate surface area is 177 Å². The van der Waals surface area contributed by atoms with Gasteiger partial charge in [0.2, 0.25) is 7.37 Å². The molecule has 0 saturated heterocycles. The van der Waals surface area contributed by atoms with Crippen LogP contribution in [0.4, 0.5) is 0 Å². The third kappa shape index (κ3) is 19.7. The topological polar surface area (TPSA) is 75.6 Å².